The number of aliphatic hydroxyl groups is 1. The minimum Gasteiger partial charge on any atom is -0.393 e. The van der Waals surface area contributed by atoms with Gasteiger partial charge in [-0.05, 0) is 69.0 Å². The highest BCUT2D eigenvalue weighted by atomic mass is 32.2. The zero-order chi connectivity index (χ0) is 29.0. The molecule has 0 aliphatic heterocycles. The normalized spacial score (nSPS) is 17.4. The number of aromatic nitrogens is 4. The summed E-state index contributed by atoms with van der Waals surface area (Å²) in [7, 11) is -2.38. The molecular formula is C29H34N6O5S. The van der Waals surface area contributed by atoms with Crippen LogP contribution in [0.15, 0.2) is 66.0 Å². The molecule has 2 heterocycles. The molecule has 12 heteroatoms. The molecule has 0 saturated heterocycles. The summed E-state index contributed by atoms with van der Waals surface area (Å²) in [5, 5.41) is 18.3. The van der Waals surface area contributed by atoms with Gasteiger partial charge in [-0.3, -0.25) is 9.10 Å². The van der Waals surface area contributed by atoms with Crippen molar-refractivity contribution in [1.29, 1.82) is 0 Å². The first kappa shape index (κ1) is 28.7. The van der Waals surface area contributed by atoms with Crippen LogP contribution in [0.25, 0.3) is 22.3 Å². The van der Waals surface area contributed by atoms with Crippen LogP contribution in [0.3, 0.4) is 0 Å². The van der Waals surface area contributed by atoms with Crippen LogP contribution in [0.1, 0.15) is 49.0 Å². The van der Waals surface area contributed by atoms with Crippen molar-refractivity contribution in [2.45, 2.75) is 49.6 Å². The summed E-state index contributed by atoms with van der Waals surface area (Å²) in [5.41, 5.74) is 3.01. The van der Waals surface area contributed by atoms with E-state index in [-0.39, 0.29) is 22.9 Å². The highest BCUT2D eigenvalue weighted by molar-refractivity contribution is 7.92. The number of carbonyl (C=O) groups is 1. The zero-order valence-corrected chi connectivity index (χ0v) is 23.9. The second kappa shape index (κ2) is 12.3. The van der Waals surface area contributed by atoms with Gasteiger partial charge in [0, 0.05) is 37.5 Å². The SMILES string of the molecule is CCOCCNC(=O)c1ccc(N(C)S(=O)(=O)c2ccc(-c3nn([C@H]4CC[C@H](O)CC4)c4ncncc34)cc2)cc1. The Morgan fingerprint density at radius 2 is 1.80 bits per heavy atom. The predicted octanol–water partition coefficient (Wildman–Crippen LogP) is 3.56. The lowest BCUT2D eigenvalue weighted by Gasteiger charge is -2.25. The molecule has 0 atom stereocenters. The Morgan fingerprint density at radius 1 is 1.10 bits per heavy atom. The fraction of sp³-hybridized carbons (Fsp3) is 0.379. The van der Waals surface area contributed by atoms with Crippen molar-refractivity contribution in [1.82, 2.24) is 25.1 Å². The number of rotatable bonds is 10. The monoisotopic (exact) mass is 578 g/mol. The lowest BCUT2D eigenvalue weighted by atomic mass is 9.93. The molecule has 4 aromatic rings. The largest absolute Gasteiger partial charge is 0.393 e. The average molecular weight is 579 g/mol. The van der Waals surface area contributed by atoms with E-state index in [0.717, 1.165) is 42.3 Å². The van der Waals surface area contributed by atoms with Crippen LogP contribution in [0.4, 0.5) is 5.69 Å². The van der Waals surface area contributed by atoms with E-state index in [9.17, 15) is 18.3 Å². The van der Waals surface area contributed by atoms with Crippen molar-refractivity contribution in [3.63, 3.8) is 0 Å². The van der Waals surface area contributed by atoms with Gasteiger partial charge in [-0.15, -0.1) is 0 Å². The average Bonchev–Trinajstić information content (AvgIpc) is 3.39. The van der Waals surface area contributed by atoms with Crippen LogP contribution in [0.2, 0.25) is 0 Å². The lowest BCUT2D eigenvalue weighted by Crippen LogP contribution is -2.28. The molecule has 2 N–H and O–H groups in total. The highest BCUT2D eigenvalue weighted by Gasteiger charge is 2.26. The first-order valence-corrected chi connectivity index (χ1v) is 15.1. The predicted molar refractivity (Wildman–Crippen MR) is 155 cm³/mol. The number of carbonyl (C=O) groups excluding carboxylic acids is 1. The lowest BCUT2D eigenvalue weighted by molar-refractivity contribution is 0.0922. The van der Waals surface area contributed by atoms with E-state index in [1.54, 1.807) is 54.7 Å². The maximum Gasteiger partial charge on any atom is 0.264 e. The number of anilines is 1. The fourth-order valence-electron chi connectivity index (χ4n) is 5.04. The number of benzene rings is 2. The van der Waals surface area contributed by atoms with Crippen molar-refractivity contribution in [3.8, 4) is 11.3 Å². The Labute approximate surface area is 239 Å². The summed E-state index contributed by atoms with van der Waals surface area (Å²) in [6.07, 6.45) is 6.00. The van der Waals surface area contributed by atoms with Gasteiger partial charge >= 0.3 is 0 Å². The minimum absolute atomic E-state index is 0.128. The zero-order valence-electron chi connectivity index (χ0n) is 23.1. The maximum atomic E-state index is 13.4. The quantitative estimate of drug-likeness (QED) is 0.272. The molecule has 0 spiro atoms. The minimum atomic E-state index is -3.86. The van der Waals surface area contributed by atoms with Crippen molar-refractivity contribution >= 4 is 32.7 Å². The Hall–Kier alpha value is -3.87. The molecule has 0 unspecified atom stereocenters. The number of sulfonamides is 1. The molecule has 216 valence electrons. The van der Waals surface area contributed by atoms with Crippen LogP contribution >= 0.6 is 0 Å². The van der Waals surface area contributed by atoms with E-state index in [1.165, 1.54) is 17.7 Å². The number of nitrogens with zero attached hydrogens (tertiary/aromatic N) is 5. The van der Waals surface area contributed by atoms with E-state index >= 15 is 0 Å². The summed E-state index contributed by atoms with van der Waals surface area (Å²) >= 11 is 0. The van der Waals surface area contributed by atoms with Gasteiger partial charge < -0.3 is 15.2 Å². The topological polar surface area (TPSA) is 140 Å². The Morgan fingerprint density at radius 3 is 2.49 bits per heavy atom. The third-order valence-electron chi connectivity index (χ3n) is 7.40. The number of amides is 1. The third kappa shape index (κ3) is 6.09. The van der Waals surface area contributed by atoms with Crippen molar-refractivity contribution in [2.75, 3.05) is 31.1 Å². The van der Waals surface area contributed by atoms with Crippen molar-refractivity contribution < 1.29 is 23.1 Å². The first-order valence-electron chi connectivity index (χ1n) is 13.7. The van der Waals surface area contributed by atoms with Crippen LogP contribution in [0.5, 0.6) is 0 Å². The van der Waals surface area contributed by atoms with Gasteiger partial charge in [-0.2, -0.15) is 5.10 Å². The summed E-state index contributed by atoms with van der Waals surface area (Å²) in [6.45, 7) is 3.29. The molecule has 1 saturated carbocycles. The molecule has 5 rings (SSSR count). The second-order valence-corrected chi connectivity index (χ2v) is 12.0. The van der Waals surface area contributed by atoms with Crippen LogP contribution in [-0.4, -0.2) is 72.1 Å². The second-order valence-electron chi connectivity index (χ2n) is 10.0. The van der Waals surface area contributed by atoms with Crippen molar-refractivity contribution in [3.05, 3.63) is 66.6 Å². The number of nitrogens with one attached hydrogen (secondary N) is 1. The molecule has 1 aliphatic rings. The van der Waals surface area contributed by atoms with Gasteiger partial charge in [0.25, 0.3) is 15.9 Å². The maximum absolute atomic E-state index is 13.4. The standard InChI is InChI=1S/C29H34N6O5S/c1-3-40-17-16-31-29(37)21-4-8-22(9-5-21)34(2)41(38,39)25-14-6-20(7-15-25)27-26-18-30-19-32-28(26)35(33-27)23-10-12-24(36)13-11-23/h4-9,14-15,18-19,23-24,36H,3,10-13,16-17H2,1-2H3,(H,31,37)/t23-,24-. The smallest absolute Gasteiger partial charge is 0.264 e. The fourth-order valence-corrected chi connectivity index (χ4v) is 6.24. The Bertz CT molecular complexity index is 1600. The van der Waals surface area contributed by atoms with Gasteiger partial charge in [0.15, 0.2) is 5.65 Å². The van der Waals surface area contributed by atoms with E-state index in [2.05, 4.69) is 15.3 Å². The van der Waals surface area contributed by atoms with Gasteiger partial charge in [0.05, 0.1) is 34.7 Å². The summed E-state index contributed by atoms with van der Waals surface area (Å²) in [4.78, 5) is 21.1. The van der Waals surface area contributed by atoms with Gasteiger partial charge in [-0.1, -0.05) is 12.1 Å². The molecule has 0 bridgehead atoms. The van der Waals surface area contributed by atoms with E-state index in [4.69, 9.17) is 9.84 Å². The van der Waals surface area contributed by atoms with Gasteiger partial charge in [0.1, 0.15) is 12.0 Å². The molecule has 1 aliphatic carbocycles. The van der Waals surface area contributed by atoms with E-state index in [1.807, 2.05) is 11.6 Å². The Balaban J connectivity index is 1.34. The number of aliphatic hydroxyl groups excluding tert-OH is 1. The Kier molecular flexibility index (Phi) is 8.62. The van der Waals surface area contributed by atoms with Crippen LogP contribution < -0.4 is 9.62 Å². The summed E-state index contributed by atoms with van der Waals surface area (Å²) < 4.78 is 35.2. The molecule has 0 radical (unpaired) electrons. The highest BCUT2D eigenvalue weighted by Crippen LogP contribution is 2.34. The number of hydrogen-bond donors (Lipinski definition) is 2. The number of ether oxygens (including phenoxy) is 1. The van der Waals surface area contributed by atoms with E-state index < -0.39 is 10.0 Å². The van der Waals surface area contributed by atoms with Crippen LogP contribution in [0, 0.1) is 0 Å². The molecule has 2 aromatic heterocycles. The molecule has 41 heavy (non-hydrogen) atoms. The molecule has 1 amide bonds. The van der Waals surface area contributed by atoms with Gasteiger partial charge in [0.2, 0.25) is 0 Å². The van der Waals surface area contributed by atoms with Crippen molar-refractivity contribution in [2.24, 2.45) is 0 Å². The first-order chi connectivity index (χ1) is 19.8. The molecular weight excluding hydrogens is 544 g/mol. The molecule has 1 fully saturated rings. The van der Waals surface area contributed by atoms with Crippen LogP contribution in [-0.2, 0) is 14.8 Å². The third-order valence-corrected chi connectivity index (χ3v) is 9.20. The summed E-state index contributed by atoms with van der Waals surface area (Å²) in [5.74, 6) is -0.251. The summed E-state index contributed by atoms with van der Waals surface area (Å²) in [6, 6.07) is 13.1. The molecule has 11 nitrogen and oxygen atoms in total. The number of hydrogen-bond acceptors (Lipinski definition) is 8. The van der Waals surface area contributed by atoms with Gasteiger partial charge in [-0.25, -0.2) is 23.1 Å². The molecule has 2 aromatic carbocycles. The number of fused-ring (bicyclic) bond motifs is 1. The van der Waals surface area contributed by atoms with E-state index in [0.29, 0.717) is 36.7 Å².